The number of benzene rings is 2. The molecule has 0 aromatic heterocycles. The molecule has 2 aromatic carbocycles. The Morgan fingerprint density at radius 2 is 1.59 bits per heavy atom. The Morgan fingerprint density at radius 3 is 2.24 bits per heavy atom. The molecule has 1 N–H and O–H groups in total. The van der Waals surface area contributed by atoms with Crippen molar-refractivity contribution < 1.29 is 13.6 Å². The topological polar surface area (TPSA) is 50.8 Å². The average molecular weight is 417 g/mol. The van der Waals surface area contributed by atoms with Crippen molar-refractivity contribution in [3.8, 4) is 0 Å². The summed E-state index contributed by atoms with van der Waals surface area (Å²) in [6.07, 6.45) is 1.23. The fourth-order valence-electron chi connectivity index (χ4n) is 4.00. The molecule has 1 aliphatic rings. The van der Waals surface area contributed by atoms with E-state index in [0.29, 0.717) is 19.4 Å². The molecule has 0 bridgehead atoms. The van der Waals surface area contributed by atoms with Gasteiger partial charge in [0, 0.05) is 32.2 Å². The molecule has 2 aromatic rings. The van der Waals surface area contributed by atoms with E-state index in [0.717, 1.165) is 38.2 Å². The zero-order valence-corrected chi connectivity index (χ0v) is 18.4. The minimum atomic E-state index is -3.16. The Balaban J connectivity index is 1.93. The Labute approximate surface area is 174 Å². The van der Waals surface area contributed by atoms with Gasteiger partial charge in [-0.1, -0.05) is 54.6 Å². The lowest BCUT2D eigenvalue weighted by Crippen LogP contribution is -2.45. The van der Waals surface area contributed by atoms with Gasteiger partial charge in [0.25, 0.3) is 0 Å². The Hall–Kier alpha value is -1.49. The molecule has 1 saturated heterocycles. The molecule has 0 saturated carbocycles. The van der Waals surface area contributed by atoms with Gasteiger partial charge < -0.3 is 14.4 Å². The van der Waals surface area contributed by atoms with E-state index < -0.39 is 7.60 Å². The van der Waals surface area contributed by atoms with Gasteiger partial charge in [0.1, 0.15) is 0 Å². The lowest BCUT2D eigenvalue weighted by molar-refractivity contribution is 0.171. The molecule has 158 valence electrons. The lowest BCUT2D eigenvalue weighted by atomic mass is 9.93. The largest absolute Gasteiger partial charge is 0.335 e. The molecule has 1 heterocycles. The van der Waals surface area contributed by atoms with Gasteiger partial charge in [0.05, 0.1) is 19.4 Å². The maximum absolute atomic E-state index is 13.2. The van der Waals surface area contributed by atoms with Crippen LogP contribution in [0.2, 0.25) is 0 Å². The van der Waals surface area contributed by atoms with Crippen LogP contribution in [-0.4, -0.2) is 44.3 Å². The third kappa shape index (κ3) is 6.24. The van der Waals surface area contributed by atoms with Gasteiger partial charge in [0.2, 0.25) is 0 Å². The van der Waals surface area contributed by atoms with Crippen molar-refractivity contribution in [2.45, 2.75) is 32.5 Å². The standard InChI is InChI=1S/C23H33N2O3P/c1-3-27-29(26,28-4-2)19-21-12-8-9-13-22(21)23(25-16-14-24-15-17-25)18-20-10-6-5-7-11-20/h5-13,23-24H,3-4,14-19H2,1-2H3. The van der Waals surface area contributed by atoms with Crippen LogP contribution in [0.4, 0.5) is 0 Å². The van der Waals surface area contributed by atoms with Gasteiger partial charge in [-0.05, 0) is 37.0 Å². The van der Waals surface area contributed by atoms with E-state index >= 15 is 0 Å². The van der Waals surface area contributed by atoms with E-state index in [1.807, 2.05) is 19.9 Å². The molecule has 29 heavy (non-hydrogen) atoms. The molecular weight excluding hydrogens is 383 g/mol. The van der Waals surface area contributed by atoms with Crippen LogP contribution in [0.15, 0.2) is 54.6 Å². The first kappa shape index (κ1) is 22.2. The normalized spacial score (nSPS) is 16.6. The van der Waals surface area contributed by atoms with Crippen LogP contribution in [-0.2, 0) is 26.2 Å². The Kier molecular flexibility index (Phi) is 8.46. The molecule has 0 radical (unpaired) electrons. The van der Waals surface area contributed by atoms with Gasteiger partial charge >= 0.3 is 7.60 Å². The lowest BCUT2D eigenvalue weighted by Gasteiger charge is -2.36. The van der Waals surface area contributed by atoms with E-state index in [-0.39, 0.29) is 6.04 Å². The fourth-order valence-corrected chi connectivity index (χ4v) is 5.75. The van der Waals surface area contributed by atoms with Crippen molar-refractivity contribution in [3.05, 3.63) is 71.3 Å². The van der Waals surface area contributed by atoms with Gasteiger partial charge in [-0.25, -0.2) is 0 Å². The van der Waals surface area contributed by atoms with Gasteiger partial charge in [-0.15, -0.1) is 0 Å². The van der Waals surface area contributed by atoms with E-state index in [1.54, 1.807) is 0 Å². The highest BCUT2D eigenvalue weighted by atomic mass is 31.2. The van der Waals surface area contributed by atoms with Crippen LogP contribution in [0, 0.1) is 0 Å². The summed E-state index contributed by atoms with van der Waals surface area (Å²) in [7, 11) is -3.16. The molecule has 3 rings (SSSR count). The Morgan fingerprint density at radius 1 is 0.966 bits per heavy atom. The summed E-state index contributed by atoms with van der Waals surface area (Å²) >= 11 is 0. The zero-order valence-electron chi connectivity index (χ0n) is 17.5. The zero-order chi connectivity index (χ0) is 20.5. The maximum atomic E-state index is 13.2. The van der Waals surface area contributed by atoms with Crippen molar-refractivity contribution in [3.63, 3.8) is 0 Å². The monoisotopic (exact) mass is 416 g/mol. The molecule has 1 aliphatic heterocycles. The van der Waals surface area contributed by atoms with Crippen LogP contribution in [0.25, 0.3) is 0 Å². The number of nitrogens with zero attached hydrogens (tertiary/aromatic N) is 1. The molecule has 1 atom stereocenters. The van der Waals surface area contributed by atoms with Gasteiger partial charge in [-0.2, -0.15) is 0 Å². The fraction of sp³-hybridized carbons (Fsp3) is 0.478. The number of piperazine rings is 1. The molecule has 1 unspecified atom stereocenters. The molecular formula is C23H33N2O3P. The Bertz CT molecular complexity index is 784. The number of hydrogen-bond donors (Lipinski definition) is 1. The summed E-state index contributed by atoms with van der Waals surface area (Å²) in [4.78, 5) is 2.54. The van der Waals surface area contributed by atoms with Crippen molar-refractivity contribution in [1.82, 2.24) is 10.2 Å². The average Bonchev–Trinajstić information content (AvgIpc) is 2.74. The summed E-state index contributed by atoms with van der Waals surface area (Å²) in [6, 6.07) is 19.2. The summed E-state index contributed by atoms with van der Waals surface area (Å²) in [5.41, 5.74) is 3.58. The highest BCUT2D eigenvalue weighted by Gasteiger charge is 2.29. The minimum absolute atomic E-state index is 0.229. The smallest absolute Gasteiger partial charge is 0.314 e. The molecule has 6 heteroatoms. The predicted molar refractivity (Wildman–Crippen MR) is 118 cm³/mol. The summed E-state index contributed by atoms with van der Waals surface area (Å²) in [6.45, 7) is 8.46. The summed E-state index contributed by atoms with van der Waals surface area (Å²) in [5, 5.41) is 3.45. The van der Waals surface area contributed by atoms with Crippen LogP contribution in [0.1, 0.15) is 36.6 Å². The first-order valence-electron chi connectivity index (χ1n) is 10.6. The second-order valence-electron chi connectivity index (χ2n) is 7.29. The van der Waals surface area contributed by atoms with E-state index in [9.17, 15) is 4.57 Å². The molecule has 0 aliphatic carbocycles. The molecule has 0 amide bonds. The number of hydrogen-bond acceptors (Lipinski definition) is 5. The van der Waals surface area contributed by atoms with Crippen molar-refractivity contribution in [2.24, 2.45) is 0 Å². The van der Waals surface area contributed by atoms with Crippen molar-refractivity contribution >= 4 is 7.60 Å². The summed E-state index contributed by atoms with van der Waals surface area (Å²) < 4.78 is 24.4. The van der Waals surface area contributed by atoms with E-state index in [1.165, 1.54) is 11.1 Å². The summed E-state index contributed by atoms with van der Waals surface area (Å²) in [5.74, 6) is 0. The SMILES string of the molecule is CCOP(=O)(Cc1ccccc1C(Cc1ccccc1)N1CCNCC1)OCC. The number of nitrogens with one attached hydrogen (secondary N) is 1. The third-order valence-corrected chi connectivity index (χ3v) is 7.33. The molecule has 5 nitrogen and oxygen atoms in total. The first-order valence-corrected chi connectivity index (χ1v) is 12.3. The minimum Gasteiger partial charge on any atom is -0.314 e. The third-order valence-electron chi connectivity index (χ3n) is 5.29. The molecule has 1 fully saturated rings. The highest BCUT2D eigenvalue weighted by Crippen LogP contribution is 2.52. The second kappa shape index (κ2) is 11.1. The maximum Gasteiger partial charge on any atom is 0.335 e. The van der Waals surface area contributed by atoms with E-state index in [4.69, 9.17) is 9.05 Å². The first-order chi connectivity index (χ1) is 14.1. The highest BCUT2D eigenvalue weighted by molar-refractivity contribution is 7.53. The van der Waals surface area contributed by atoms with Crippen LogP contribution < -0.4 is 5.32 Å². The van der Waals surface area contributed by atoms with Gasteiger partial charge in [-0.3, -0.25) is 9.46 Å². The van der Waals surface area contributed by atoms with Crippen LogP contribution in [0.5, 0.6) is 0 Å². The van der Waals surface area contributed by atoms with Crippen molar-refractivity contribution in [2.75, 3.05) is 39.4 Å². The number of rotatable bonds is 10. The van der Waals surface area contributed by atoms with Gasteiger partial charge in [0.15, 0.2) is 0 Å². The van der Waals surface area contributed by atoms with Crippen molar-refractivity contribution in [1.29, 1.82) is 0 Å². The second-order valence-corrected chi connectivity index (χ2v) is 9.35. The van der Waals surface area contributed by atoms with E-state index in [2.05, 4.69) is 58.7 Å². The van der Waals surface area contributed by atoms with Crippen LogP contribution >= 0.6 is 7.60 Å². The predicted octanol–water partition coefficient (Wildman–Crippen LogP) is 4.64. The van der Waals surface area contributed by atoms with Crippen LogP contribution in [0.3, 0.4) is 0 Å². The quantitative estimate of drug-likeness (QED) is 0.572. The molecule has 0 spiro atoms.